The van der Waals surface area contributed by atoms with Crippen molar-refractivity contribution in [2.24, 2.45) is 0 Å². The molecule has 0 spiro atoms. The number of rotatable bonds is 3. The van der Waals surface area contributed by atoms with Crippen molar-refractivity contribution in [2.75, 3.05) is 5.32 Å². The first-order valence-corrected chi connectivity index (χ1v) is 6.00. The van der Waals surface area contributed by atoms with Crippen LogP contribution in [0.5, 0.6) is 0 Å². The number of benzene rings is 1. The van der Waals surface area contributed by atoms with Gasteiger partial charge >= 0.3 is 0 Å². The van der Waals surface area contributed by atoms with Gasteiger partial charge in [-0.15, -0.1) is 11.6 Å². The molecule has 0 radical (unpaired) electrons. The Morgan fingerprint density at radius 2 is 2.25 bits per heavy atom. The van der Waals surface area contributed by atoms with Crippen molar-refractivity contribution in [2.45, 2.75) is 5.88 Å². The SMILES string of the molecule is ClCc1cccc(Nc2ncncc2Br)c1. The van der Waals surface area contributed by atoms with E-state index < -0.39 is 0 Å². The van der Waals surface area contributed by atoms with Crippen LogP contribution in [0.25, 0.3) is 0 Å². The molecule has 2 rings (SSSR count). The van der Waals surface area contributed by atoms with Crippen LogP contribution in [0.3, 0.4) is 0 Å². The van der Waals surface area contributed by atoms with E-state index in [9.17, 15) is 0 Å². The predicted octanol–water partition coefficient (Wildman–Crippen LogP) is 3.72. The first kappa shape index (κ1) is 11.4. The highest BCUT2D eigenvalue weighted by Crippen LogP contribution is 2.22. The summed E-state index contributed by atoms with van der Waals surface area (Å²) in [6.07, 6.45) is 3.19. The van der Waals surface area contributed by atoms with Gasteiger partial charge in [-0.1, -0.05) is 12.1 Å². The molecule has 0 bridgehead atoms. The highest BCUT2D eigenvalue weighted by atomic mass is 79.9. The fourth-order valence-corrected chi connectivity index (χ4v) is 1.76. The lowest BCUT2D eigenvalue weighted by atomic mass is 10.2. The lowest BCUT2D eigenvalue weighted by Gasteiger charge is -2.07. The van der Waals surface area contributed by atoms with Gasteiger partial charge in [0.2, 0.25) is 0 Å². The standard InChI is InChI=1S/C11H9BrClN3/c12-10-6-14-7-15-11(10)16-9-3-1-2-8(4-9)5-13/h1-4,6-7H,5H2,(H,14,15,16). The van der Waals surface area contributed by atoms with Crippen molar-refractivity contribution >= 4 is 39.0 Å². The molecule has 16 heavy (non-hydrogen) atoms. The summed E-state index contributed by atoms with van der Waals surface area (Å²) < 4.78 is 0.825. The van der Waals surface area contributed by atoms with Crippen molar-refractivity contribution in [1.29, 1.82) is 0 Å². The maximum absolute atomic E-state index is 5.77. The molecule has 0 saturated carbocycles. The third kappa shape index (κ3) is 2.71. The number of alkyl halides is 1. The molecule has 1 aromatic heterocycles. The number of nitrogens with one attached hydrogen (secondary N) is 1. The number of halogens is 2. The predicted molar refractivity (Wildman–Crippen MR) is 69.0 cm³/mol. The summed E-state index contributed by atoms with van der Waals surface area (Å²) in [5.41, 5.74) is 2.02. The zero-order valence-corrected chi connectivity index (χ0v) is 10.7. The maximum Gasteiger partial charge on any atom is 0.148 e. The number of nitrogens with zero attached hydrogens (tertiary/aromatic N) is 2. The highest BCUT2D eigenvalue weighted by Gasteiger charge is 2.01. The Bertz CT molecular complexity index is 490. The van der Waals surface area contributed by atoms with Crippen LogP contribution >= 0.6 is 27.5 Å². The van der Waals surface area contributed by atoms with Gasteiger partial charge in [0.1, 0.15) is 12.1 Å². The largest absolute Gasteiger partial charge is 0.339 e. The Labute approximate surface area is 107 Å². The lowest BCUT2D eigenvalue weighted by molar-refractivity contribution is 1.15. The molecule has 1 heterocycles. The molecule has 2 aromatic rings. The van der Waals surface area contributed by atoms with Gasteiger partial charge in [0.15, 0.2) is 0 Å². The van der Waals surface area contributed by atoms with Gasteiger partial charge in [-0.25, -0.2) is 9.97 Å². The summed E-state index contributed by atoms with van der Waals surface area (Å²) in [5.74, 6) is 1.24. The summed E-state index contributed by atoms with van der Waals surface area (Å²) in [7, 11) is 0. The van der Waals surface area contributed by atoms with Gasteiger partial charge in [-0.05, 0) is 33.6 Å². The van der Waals surface area contributed by atoms with E-state index in [0.717, 1.165) is 21.5 Å². The van der Waals surface area contributed by atoms with E-state index in [4.69, 9.17) is 11.6 Å². The van der Waals surface area contributed by atoms with Gasteiger partial charge < -0.3 is 5.32 Å². The topological polar surface area (TPSA) is 37.8 Å². The van der Waals surface area contributed by atoms with E-state index in [0.29, 0.717) is 5.88 Å². The zero-order valence-electron chi connectivity index (χ0n) is 8.32. The minimum Gasteiger partial charge on any atom is -0.339 e. The fourth-order valence-electron chi connectivity index (χ4n) is 1.27. The molecule has 0 aliphatic rings. The Balaban J connectivity index is 2.24. The number of aromatic nitrogens is 2. The number of anilines is 2. The third-order valence-electron chi connectivity index (χ3n) is 2.01. The fraction of sp³-hybridized carbons (Fsp3) is 0.0909. The van der Waals surface area contributed by atoms with Gasteiger partial charge in [0.25, 0.3) is 0 Å². The molecule has 82 valence electrons. The molecular formula is C11H9BrClN3. The molecule has 0 atom stereocenters. The summed E-state index contributed by atoms with van der Waals surface area (Å²) in [6, 6.07) is 7.88. The Hall–Kier alpha value is -1.13. The summed E-state index contributed by atoms with van der Waals surface area (Å²) >= 11 is 9.15. The monoisotopic (exact) mass is 297 g/mol. The molecule has 0 amide bonds. The van der Waals surface area contributed by atoms with E-state index >= 15 is 0 Å². The van der Waals surface area contributed by atoms with E-state index in [1.165, 1.54) is 6.33 Å². The molecular weight excluding hydrogens is 289 g/mol. The molecule has 0 aliphatic carbocycles. The number of hydrogen-bond donors (Lipinski definition) is 1. The lowest BCUT2D eigenvalue weighted by Crippen LogP contribution is -1.95. The average Bonchev–Trinajstić information content (AvgIpc) is 2.32. The maximum atomic E-state index is 5.77. The average molecular weight is 299 g/mol. The van der Waals surface area contributed by atoms with Gasteiger partial charge in [0, 0.05) is 17.8 Å². The smallest absolute Gasteiger partial charge is 0.148 e. The van der Waals surface area contributed by atoms with Crippen LogP contribution in [0.4, 0.5) is 11.5 Å². The summed E-state index contributed by atoms with van der Waals surface area (Å²) in [6.45, 7) is 0. The molecule has 1 aromatic carbocycles. The van der Waals surface area contributed by atoms with E-state index in [-0.39, 0.29) is 0 Å². The van der Waals surface area contributed by atoms with Crippen LogP contribution in [0, 0.1) is 0 Å². The van der Waals surface area contributed by atoms with E-state index in [1.807, 2.05) is 24.3 Å². The minimum absolute atomic E-state index is 0.500. The molecule has 0 saturated heterocycles. The van der Waals surface area contributed by atoms with Crippen molar-refractivity contribution in [1.82, 2.24) is 9.97 Å². The minimum atomic E-state index is 0.500. The summed E-state index contributed by atoms with van der Waals surface area (Å²) in [4.78, 5) is 8.03. The zero-order chi connectivity index (χ0) is 11.4. The quantitative estimate of drug-likeness (QED) is 0.878. The first-order valence-electron chi connectivity index (χ1n) is 4.67. The first-order chi connectivity index (χ1) is 7.79. The molecule has 0 fully saturated rings. The van der Waals surface area contributed by atoms with Crippen LogP contribution < -0.4 is 5.32 Å². The van der Waals surface area contributed by atoms with Crippen molar-refractivity contribution < 1.29 is 0 Å². The van der Waals surface area contributed by atoms with Crippen LogP contribution in [0.1, 0.15) is 5.56 Å². The second-order valence-electron chi connectivity index (χ2n) is 3.18. The van der Waals surface area contributed by atoms with Crippen LogP contribution in [0.15, 0.2) is 41.3 Å². The Kier molecular flexibility index (Phi) is 3.74. The van der Waals surface area contributed by atoms with E-state index in [2.05, 4.69) is 31.2 Å². The van der Waals surface area contributed by atoms with E-state index in [1.54, 1.807) is 6.20 Å². The Morgan fingerprint density at radius 1 is 1.38 bits per heavy atom. The second kappa shape index (κ2) is 5.27. The van der Waals surface area contributed by atoms with Crippen LogP contribution in [0.2, 0.25) is 0 Å². The van der Waals surface area contributed by atoms with Crippen LogP contribution in [-0.2, 0) is 5.88 Å². The van der Waals surface area contributed by atoms with Crippen molar-refractivity contribution in [3.05, 3.63) is 46.8 Å². The molecule has 0 unspecified atom stereocenters. The van der Waals surface area contributed by atoms with Gasteiger partial charge in [-0.2, -0.15) is 0 Å². The Morgan fingerprint density at radius 3 is 3.00 bits per heavy atom. The van der Waals surface area contributed by atoms with Gasteiger partial charge in [-0.3, -0.25) is 0 Å². The van der Waals surface area contributed by atoms with Crippen LogP contribution in [-0.4, -0.2) is 9.97 Å². The third-order valence-corrected chi connectivity index (χ3v) is 2.90. The van der Waals surface area contributed by atoms with Crippen molar-refractivity contribution in [3.63, 3.8) is 0 Å². The normalized spacial score (nSPS) is 10.1. The molecule has 1 N–H and O–H groups in total. The van der Waals surface area contributed by atoms with Crippen molar-refractivity contribution in [3.8, 4) is 0 Å². The molecule has 5 heteroatoms. The summed E-state index contributed by atoms with van der Waals surface area (Å²) in [5, 5.41) is 3.19. The number of hydrogen-bond acceptors (Lipinski definition) is 3. The van der Waals surface area contributed by atoms with Gasteiger partial charge in [0.05, 0.1) is 4.47 Å². The molecule has 0 aliphatic heterocycles. The molecule has 3 nitrogen and oxygen atoms in total. The second-order valence-corrected chi connectivity index (χ2v) is 4.30. The highest BCUT2D eigenvalue weighted by molar-refractivity contribution is 9.10.